The Morgan fingerprint density at radius 1 is 1.17 bits per heavy atom. The van der Waals surface area contributed by atoms with Gasteiger partial charge in [-0.2, -0.15) is 0 Å². The minimum Gasteiger partial charge on any atom is -0.483 e. The van der Waals surface area contributed by atoms with Crippen LogP contribution in [0, 0.1) is 20.8 Å². The third kappa shape index (κ3) is 4.70. The molecule has 154 valence electrons. The molecule has 2 aromatic carbocycles. The lowest BCUT2D eigenvalue weighted by molar-refractivity contribution is -0.128. The van der Waals surface area contributed by atoms with Gasteiger partial charge in [0.05, 0.1) is 12.2 Å². The molecule has 0 radical (unpaired) electrons. The molecule has 0 bridgehead atoms. The Balaban J connectivity index is 1.77. The number of fused-ring (bicyclic) bond motifs is 1. The summed E-state index contributed by atoms with van der Waals surface area (Å²) in [5.74, 6) is 0.813. The minimum atomic E-state index is -0.747. The lowest BCUT2D eigenvalue weighted by Gasteiger charge is -2.34. The summed E-state index contributed by atoms with van der Waals surface area (Å²) in [6.45, 7) is 8.57. The average molecular weight is 396 g/mol. The van der Waals surface area contributed by atoms with Gasteiger partial charge in [0, 0.05) is 6.54 Å². The molecule has 3 rings (SSSR count). The van der Waals surface area contributed by atoms with E-state index in [4.69, 9.17) is 9.47 Å². The highest BCUT2D eigenvalue weighted by molar-refractivity contribution is 5.98. The molecule has 6 heteroatoms. The standard InChI is InChI=1S/C23H28N2O4/c1-5-10-24-23(27)20-13-25(18-8-6-7-9-19(18)29-20)21(26)14-28-22-16(3)11-15(2)12-17(22)4/h6-9,11-12,20H,5,10,13-14H2,1-4H3,(H,24,27)/t20-/m1/s1. The molecule has 0 aliphatic carbocycles. The lowest BCUT2D eigenvalue weighted by Crippen LogP contribution is -2.51. The first-order valence-corrected chi connectivity index (χ1v) is 9.95. The van der Waals surface area contributed by atoms with Crippen LogP contribution >= 0.6 is 0 Å². The Bertz CT molecular complexity index is 886. The maximum Gasteiger partial charge on any atom is 0.265 e. The highest BCUT2D eigenvalue weighted by Gasteiger charge is 2.33. The number of aryl methyl sites for hydroxylation is 3. The molecule has 29 heavy (non-hydrogen) atoms. The van der Waals surface area contributed by atoms with E-state index in [-0.39, 0.29) is 25.0 Å². The van der Waals surface area contributed by atoms with Crippen LogP contribution in [0.3, 0.4) is 0 Å². The lowest BCUT2D eigenvalue weighted by atomic mass is 10.1. The molecule has 2 aromatic rings. The number of nitrogens with zero attached hydrogens (tertiary/aromatic N) is 1. The molecule has 0 unspecified atom stereocenters. The zero-order valence-corrected chi connectivity index (χ0v) is 17.5. The predicted octanol–water partition coefficient (Wildman–Crippen LogP) is 3.31. The van der Waals surface area contributed by atoms with Crippen LogP contribution in [-0.2, 0) is 9.59 Å². The van der Waals surface area contributed by atoms with Crippen LogP contribution in [0.25, 0.3) is 0 Å². The summed E-state index contributed by atoms with van der Waals surface area (Å²) < 4.78 is 11.7. The Morgan fingerprint density at radius 3 is 2.55 bits per heavy atom. The van der Waals surface area contributed by atoms with Crippen LogP contribution in [-0.4, -0.2) is 37.6 Å². The van der Waals surface area contributed by atoms with E-state index < -0.39 is 6.10 Å². The number of benzene rings is 2. The van der Waals surface area contributed by atoms with Gasteiger partial charge in [-0.15, -0.1) is 0 Å². The second-order valence-electron chi connectivity index (χ2n) is 7.39. The first kappa shape index (κ1) is 20.7. The number of para-hydroxylation sites is 2. The minimum absolute atomic E-state index is 0.109. The third-order valence-corrected chi connectivity index (χ3v) is 4.86. The fourth-order valence-corrected chi connectivity index (χ4v) is 3.58. The molecule has 0 saturated carbocycles. The molecule has 0 spiro atoms. The zero-order chi connectivity index (χ0) is 21.0. The number of carbonyl (C=O) groups is 2. The topological polar surface area (TPSA) is 67.9 Å². The maximum atomic E-state index is 13.0. The van der Waals surface area contributed by atoms with Gasteiger partial charge in [0.25, 0.3) is 11.8 Å². The van der Waals surface area contributed by atoms with Crippen molar-refractivity contribution in [3.63, 3.8) is 0 Å². The number of amides is 2. The summed E-state index contributed by atoms with van der Waals surface area (Å²) in [6.07, 6.45) is 0.0871. The van der Waals surface area contributed by atoms with E-state index in [9.17, 15) is 9.59 Å². The van der Waals surface area contributed by atoms with Gasteiger partial charge in [-0.3, -0.25) is 9.59 Å². The Labute approximate surface area is 171 Å². The second-order valence-corrected chi connectivity index (χ2v) is 7.39. The Morgan fingerprint density at radius 2 is 1.86 bits per heavy atom. The van der Waals surface area contributed by atoms with Crippen molar-refractivity contribution in [2.45, 2.75) is 40.2 Å². The summed E-state index contributed by atoms with van der Waals surface area (Å²) >= 11 is 0. The molecule has 2 amide bonds. The predicted molar refractivity (Wildman–Crippen MR) is 113 cm³/mol. The van der Waals surface area contributed by atoms with Crippen LogP contribution < -0.4 is 19.7 Å². The van der Waals surface area contributed by atoms with E-state index in [1.807, 2.05) is 58.0 Å². The summed E-state index contributed by atoms with van der Waals surface area (Å²) in [6, 6.07) is 11.3. The molecular weight excluding hydrogens is 368 g/mol. The van der Waals surface area contributed by atoms with Crippen molar-refractivity contribution in [2.75, 3.05) is 24.6 Å². The fourth-order valence-electron chi connectivity index (χ4n) is 3.58. The molecule has 1 aliphatic heterocycles. The van der Waals surface area contributed by atoms with Crippen LogP contribution in [0.15, 0.2) is 36.4 Å². The fraction of sp³-hybridized carbons (Fsp3) is 0.391. The van der Waals surface area contributed by atoms with E-state index in [0.717, 1.165) is 28.9 Å². The molecule has 1 atom stereocenters. The Hall–Kier alpha value is -3.02. The van der Waals surface area contributed by atoms with Gasteiger partial charge >= 0.3 is 0 Å². The van der Waals surface area contributed by atoms with Crippen LogP contribution in [0.5, 0.6) is 11.5 Å². The van der Waals surface area contributed by atoms with E-state index >= 15 is 0 Å². The third-order valence-electron chi connectivity index (χ3n) is 4.86. The summed E-state index contributed by atoms with van der Waals surface area (Å²) in [7, 11) is 0. The Kier molecular flexibility index (Phi) is 6.42. The number of hydrogen-bond acceptors (Lipinski definition) is 4. The number of anilines is 1. The smallest absolute Gasteiger partial charge is 0.265 e. The van der Waals surface area contributed by atoms with Crippen LogP contribution in [0.2, 0.25) is 0 Å². The first-order valence-electron chi connectivity index (χ1n) is 9.95. The summed E-state index contributed by atoms with van der Waals surface area (Å²) in [4.78, 5) is 27.0. The van der Waals surface area contributed by atoms with Gasteiger partial charge in [-0.05, 0) is 50.5 Å². The van der Waals surface area contributed by atoms with E-state index in [0.29, 0.717) is 18.0 Å². The maximum absolute atomic E-state index is 13.0. The van der Waals surface area contributed by atoms with Crippen LogP contribution in [0.4, 0.5) is 5.69 Å². The summed E-state index contributed by atoms with van der Waals surface area (Å²) in [5, 5.41) is 2.84. The summed E-state index contributed by atoms with van der Waals surface area (Å²) in [5.41, 5.74) is 3.80. The molecule has 0 saturated heterocycles. The van der Waals surface area contributed by atoms with Crippen molar-refractivity contribution >= 4 is 17.5 Å². The molecule has 0 fully saturated rings. The molecular formula is C23H28N2O4. The van der Waals surface area contributed by atoms with Gasteiger partial charge < -0.3 is 19.7 Å². The highest BCUT2D eigenvalue weighted by atomic mass is 16.5. The number of rotatable bonds is 6. The first-order chi connectivity index (χ1) is 13.9. The molecule has 1 heterocycles. The molecule has 6 nitrogen and oxygen atoms in total. The van der Waals surface area contributed by atoms with Crippen LogP contribution in [0.1, 0.15) is 30.0 Å². The average Bonchev–Trinajstić information content (AvgIpc) is 2.70. The number of carbonyl (C=O) groups excluding carboxylic acids is 2. The monoisotopic (exact) mass is 396 g/mol. The van der Waals surface area contributed by atoms with E-state index in [1.54, 1.807) is 11.0 Å². The van der Waals surface area contributed by atoms with Gasteiger partial charge in [-0.1, -0.05) is 36.8 Å². The molecule has 1 aliphatic rings. The van der Waals surface area contributed by atoms with E-state index in [2.05, 4.69) is 5.32 Å². The zero-order valence-electron chi connectivity index (χ0n) is 17.5. The normalized spacial score (nSPS) is 15.3. The van der Waals surface area contributed by atoms with Crippen molar-refractivity contribution in [1.82, 2.24) is 5.32 Å². The van der Waals surface area contributed by atoms with Gasteiger partial charge in [0.1, 0.15) is 11.5 Å². The second kappa shape index (κ2) is 8.99. The SMILES string of the molecule is CCCNC(=O)[C@H]1CN(C(=O)COc2c(C)cc(C)cc2C)c2ccccc2O1. The van der Waals surface area contributed by atoms with Gasteiger partial charge in [-0.25, -0.2) is 0 Å². The number of hydrogen-bond donors (Lipinski definition) is 1. The molecule has 1 N–H and O–H groups in total. The van der Waals surface area contributed by atoms with Gasteiger partial charge in [0.2, 0.25) is 0 Å². The van der Waals surface area contributed by atoms with Crippen molar-refractivity contribution in [3.05, 3.63) is 53.1 Å². The van der Waals surface area contributed by atoms with Crippen molar-refractivity contribution in [2.24, 2.45) is 0 Å². The highest BCUT2D eigenvalue weighted by Crippen LogP contribution is 2.33. The molecule has 0 aromatic heterocycles. The largest absolute Gasteiger partial charge is 0.483 e. The number of ether oxygens (including phenoxy) is 2. The van der Waals surface area contributed by atoms with Crippen molar-refractivity contribution in [3.8, 4) is 11.5 Å². The van der Waals surface area contributed by atoms with E-state index in [1.165, 1.54) is 0 Å². The quantitative estimate of drug-likeness (QED) is 0.813. The van der Waals surface area contributed by atoms with Crippen molar-refractivity contribution < 1.29 is 19.1 Å². The van der Waals surface area contributed by atoms with Gasteiger partial charge in [0.15, 0.2) is 12.7 Å². The van der Waals surface area contributed by atoms with Crippen molar-refractivity contribution in [1.29, 1.82) is 0 Å². The number of nitrogens with one attached hydrogen (secondary N) is 1.